The Morgan fingerprint density at radius 2 is 2.13 bits per heavy atom. The Morgan fingerprint density at radius 1 is 1.13 bits per heavy atom. The van der Waals surface area contributed by atoms with E-state index in [1.54, 1.807) is 0 Å². The fraction of sp³-hybridized carbons (Fsp3) is 0.231. The third-order valence-electron chi connectivity index (χ3n) is 2.99. The first kappa shape index (κ1) is 8.74. The highest BCUT2D eigenvalue weighted by atomic mass is 14.8. The van der Waals surface area contributed by atoms with Gasteiger partial charge in [-0.2, -0.15) is 0 Å². The van der Waals surface area contributed by atoms with E-state index in [1.165, 1.54) is 22.0 Å². The Morgan fingerprint density at radius 3 is 3.00 bits per heavy atom. The summed E-state index contributed by atoms with van der Waals surface area (Å²) < 4.78 is 0. The highest BCUT2D eigenvalue weighted by molar-refractivity contribution is 5.83. The van der Waals surface area contributed by atoms with Gasteiger partial charge in [0, 0.05) is 18.3 Å². The highest BCUT2D eigenvalue weighted by Gasteiger charge is 2.06. The van der Waals surface area contributed by atoms with Crippen LogP contribution >= 0.6 is 0 Å². The largest absolute Gasteiger partial charge is 0.361 e. The molecule has 0 amide bonds. The summed E-state index contributed by atoms with van der Waals surface area (Å²) in [6.07, 6.45) is 5.41. The van der Waals surface area contributed by atoms with Gasteiger partial charge in [-0.05, 0) is 41.6 Å². The first-order valence-electron chi connectivity index (χ1n) is 5.41. The van der Waals surface area contributed by atoms with Crippen LogP contribution in [0.15, 0.2) is 36.5 Å². The van der Waals surface area contributed by atoms with E-state index in [2.05, 4.69) is 40.6 Å². The van der Waals surface area contributed by atoms with Crippen LogP contribution in [0.1, 0.15) is 12.0 Å². The van der Waals surface area contributed by atoms with E-state index in [0.29, 0.717) is 0 Å². The number of rotatable bonds is 1. The molecule has 0 saturated heterocycles. The van der Waals surface area contributed by atoms with Crippen molar-refractivity contribution in [3.8, 4) is 0 Å². The molecular weight excluding hydrogens is 184 g/mol. The second kappa shape index (κ2) is 3.55. The van der Waals surface area contributed by atoms with E-state index in [1.807, 2.05) is 6.20 Å². The molecule has 15 heavy (non-hydrogen) atoms. The van der Waals surface area contributed by atoms with E-state index in [4.69, 9.17) is 0 Å². The van der Waals surface area contributed by atoms with Gasteiger partial charge in [-0.25, -0.2) is 0 Å². The molecule has 3 rings (SSSR count). The molecule has 0 bridgehead atoms. The zero-order chi connectivity index (χ0) is 10.1. The average Bonchev–Trinajstić information content (AvgIpc) is 2.77. The van der Waals surface area contributed by atoms with E-state index in [9.17, 15) is 0 Å². The van der Waals surface area contributed by atoms with Gasteiger partial charge < -0.3 is 10.3 Å². The molecule has 0 aliphatic carbocycles. The lowest BCUT2D eigenvalue weighted by atomic mass is 9.99. The normalized spacial score (nSPS) is 16.7. The van der Waals surface area contributed by atoms with Gasteiger partial charge in [-0.15, -0.1) is 0 Å². The fourth-order valence-corrected chi connectivity index (χ4v) is 2.13. The quantitative estimate of drug-likeness (QED) is 0.724. The van der Waals surface area contributed by atoms with Crippen molar-refractivity contribution < 1.29 is 0 Å². The minimum atomic E-state index is 0.998. The summed E-state index contributed by atoms with van der Waals surface area (Å²) in [7, 11) is 0. The number of fused-ring (bicyclic) bond motifs is 1. The van der Waals surface area contributed by atoms with E-state index < -0.39 is 0 Å². The minimum absolute atomic E-state index is 0.998. The molecule has 1 aliphatic heterocycles. The van der Waals surface area contributed by atoms with Crippen molar-refractivity contribution >= 4 is 16.5 Å². The van der Waals surface area contributed by atoms with Crippen LogP contribution in [0.5, 0.6) is 0 Å². The molecule has 0 spiro atoms. The van der Waals surface area contributed by atoms with Gasteiger partial charge in [0.1, 0.15) is 0 Å². The molecule has 2 aromatic rings. The number of hydrogen-bond acceptors (Lipinski definition) is 1. The minimum Gasteiger partial charge on any atom is -0.361 e. The maximum absolute atomic E-state index is 3.33. The lowest BCUT2D eigenvalue weighted by Crippen LogP contribution is -2.19. The molecule has 76 valence electrons. The molecule has 1 aliphatic rings. The van der Waals surface area contributed by atoms with Crippen LogP contribution in [0.25, 0.3) is 16.5 Å². The molecule has 2 heteroatoms. The molecule has 0 radical (unpaired) electrons. The summed E-state index contributed by atoms with van der Waals surface area (Å²) in [4.78, 5) is 3.26. The number of hydrogen-bond donors (Lipinski definition) is 2. The Hall–Kier alpha value is -1.54. The SMILES string of the molecule is C1=C(c2ccc3cc[nH]c3c2)CCNC1. The Balaban J connectivity index is 2.06. The second-order valence-electron chi connectivity index (χ2n) is 3.96. The van der Waals surface area contributed by atoms with E-state index in [0.717, 1.165) is 19.5 Å². The van der Waals surface area contributed by atoms with Gasteiger partial charge in [-0.1, -0.05) is 18.2 Å². The van der Waals surface area contributed by atoms with Gasteiger partial charge in [-0.3, -0.25) is 0 Å². The molecule has 2 N–H and O–H groups in total. The molecule has 1 aromatic carbocycles. The van der Waals surface area contributed by atoms with Crippen LogP contribution in [-0.4, -0.2) is 18.1 Å². The van der Waals surface area contributed by atoms with E-state index in [-0.39, 0.29) is 0 Å². The molecule has 2 heterocycles. The predicted octanol–water partition coefficient (Wildman–Crippen LogP) is 2.54. The molecule has 2 nitrogen and oxygen atoms in total. The third-order valence-corrected chi connectivity index (χ3v) is 2.99. The van der Waals surface area contributed by atoms with Crippen molar-refractivity contribution in [3.05, 3.63) is 42.1 Å². The number of H-pyrrole nitrogens is 1. The summed E-state index contributed by atoms with van der Waals surface area (Å²) in [5, 5.41) is 4.62. The molecular formula is C13H14N2. The van der Waals surface area contributed by atoms with E-state index >= 15 is 0 Å². The van der Waals surface area contributed by atoms with Crippen molar-refractivity contribution in [2.45, 2.75) is 6.42 Å². The molecule has 1 aromatic heterocycles. The molecule has 0 atom stereocenters. The zero-order valence-corrected chi connectivity index (χ0v) is 8.59. The van der Waals surface area contributed by atoms with Gasteiger partial charge in [0.15, 0.2) is 0 Å². The highest BCUT2D eigenvalue weighted by Crippen LogP contribution is 2.23. The van der Waals surface area contributed by atoms with Crippen molar-refractivity contribution in [2.75, 3.05) is 13.1 Å². The van der Waals surface area contributed by atoms with Crippen LogP contribution < -0.4 is 5.32 Å². The first-order valence-corrected chi connectivity index (χ1v) is 5.41. The van der Waals surface area contributed by atoms with Crippen LogP contribution in [-0.2, 0) is 0 Å². The molecule has 0 fully saturated rings. The Labute approximate surface area is 89.0 Å². The Bertz CT molecular complexity index is 508. The fourth-order valence-electron chi connectivity index (χ4n) is 2.13. The van der Waals surface area contributed by atoms with Crippen LogP contribution in [0.3, 0.4) is 0 Å². The third kappa shape index (κ3) is 1.57. The van der Waals surface area contributed by atoms with Crippen molar-refractivity contribution in [1.29, 1.82) is 0 Å². The summed E-state index contributed by atoms with van der Waals surface area (Å²) in [6, 6.07) is 8.75. The lowest BCUT2D eigenvalue weighted by molar-refractivity contribution is 0.738. The molecule has 0 saturated carbocycles. The van der Waals surface area contributed by atoms with Crippen molar-refractivity contribution in [2.24, 2.45) is 0 Å². The maximum atomic E-state index is 3.33. The summed E-state index contributed by atoms with van der Waals surface area (Å²) >= 11 is 0. The van der Waals surface area contributed by atoms with Crippen LogP contribution in [0, 0.1) is 0 Å². The van der Waals surface area contributed by atoms with Gasteiger partial charge in [0.2, 0.25) is 0 Å². The molecule has 0 unspecified atom stereocenters. The second-order valence-corrected chi connectivity index (χ2v) is 3.96. The number of aromatic amines is 1. The first-order chi connectivity index (χ1) is 7.43. The van der Waals surface area contributed by atoms with Gasteiger partial charge in [0.25, 0.3) is 0 Å². The smallest absolute Gasteiger partial charge is 0.0460 e. The summed E-state index contributed by atoms with van der Waals surface area (Å²) in [5.41, 5.74) is 4.05. The number of aromatic nitrogens is 1. The zero-order valence-electron chi connectivity index (χ0n) is 8.59. The maximum Gasteiger partial charge on any atom is 0.0460 e. The standard InChI is InChI=1S/C13H14N2/c1-2-12(10-3-6-14-7-4-10)9-13-11(1)5-8-15-13/h1-3,5,8-9,14-15H,4,6-7H2. The monoisotopic (exact) mass is 198 g/mol. The topological polar surface area (TPSA) is 27.8 Å². The Kier molecular flexibility index (Phi) is 2.07. The summed E-state index contributed by atoms with van der Waals surface area (Å²) in [6.45, 7) is 2.09. The van der Waals surface area contributed by atoms with Crippen molar-refractivity contribution in [3.63, 3.8) is 0 Å². The summed E-state index contributed by atoms with van der Waals surface area (Å²) in [5.74, 6) is 0. The van der Waals surface area contributed by atoms with Crippen molar-refractivity contribution in [1.82, 2.24) is 10.3 Å². The van der Waals surface area contributed by atoms with Crippen LogP contribution in [0.2, 0.25) is 0 Å². The van der Waals surface area contributed by atoms with Gasteiger partial charge >= 0.3 is 0 Å². The lowest BCUT2D eigenvalue weighted by Gasteiger charge is -2.14. The van der Waals surface area contributed by atoms with Gasteiger partial charge in [0.05, 0.1) is 0 Å². The number of nitrogens with one attached hydrogen (secondary N) is 2. The average molecular weight is 198 g/mol. The number of benzene rings is 1. The van der Waals surface area contributed by atoms with Crippen LogP contribution in [0.4, 0.5) is 0 Å². The predicted molar refractivity (Wildman–Crippen MR) is 63.8 cm³/mol.